The van der Waals surface area contributed by atoms with E-state index in [2.05, 4.69) is 0 Å². The van der Waals surface area contributed by atoms with E-state index in [4.69, 9.17) is 33.2 Å². The van der Waals surface area contributed by atoms with E-state index in [9.17, 15) is 4.79 Å². The second-order valence-corrected chi connectivity index (χ2v) is 9.40. The Hall–Kier alpha value is -4.07. The number of hydrogen-bond acceptors (Lipinski definition) is 8. The summed E-state index contributed by atoms with van der Waals surface area (Å²) in [6, 6.07) is 17.4. The molecule has 1 saturated heterocycles. The molecule has 8 heteroatoms. The van der Waals surface area contributed by atoms with E-state index in [1.165, 1.54) is 0 Å². The molecule has 0 aliphatic carbocycles. The first kappa shape index (κ1) is 28.0. The number of cyclic esters (lactones) is 1. The normalized spacial score (nSPS) is 16.4. The lowest BCUT2D eigenvalue weighted by atomic mass is 9.85. The fraction of sp³-hybridized carbons (Fsp3) is 0.387. The average molecular weight is 537 g/mol. The molecule has 0 unspecified atom stereocenters. The smallest absolute Gasteiger partial charge is 0.309 e. The maximum Gasteiger partial charge on any atom is 0.309 e. The van der Waals surface area contributed by atoms with Crippen molar-refractivity contribution < 1.29 is 38.0 Å². The zero-order valence-corrected chi connectivity index (χ0v) is 23.2. The summed E-state index contributed by atoms with van der Waals surface area (Å²) in [4.78, 5) is 12.7. The lowest BCUT2D eigenvalue weighted by molar-refractivity contribution is -0.141. The van der Waals surface area contributed by atoms with Gasteiger partial charge in [0.2, 0.25) is 0 Å². The predicted molar refractivity (Wildman–Crippen MR) is 147 cm³/mol. The van der Waals surface area contributed by atoms with E-state index in [-0.39, 0.29) is 17.8 Å². The lowest BCUT2D eigenvalue weighted by Crippen LogP contribution is -2.20. The number of carbonyl (C=O) groups excluding carboxylic acids is 1. The molecule has 0 saturated carbocycles. The molecule has 1 aliphatic rings. The first-order valence-corrected chi connectivity index (χ1v) is 12.9. The van der Waals surface area contributed by atoms with Gasteiger partial charge in [-0.15, -0.1) is 0 Å². The van der Waals surface area contributed by atoms with E-state index in [1.54, 1.807) is 35.5 Å². The van der Waals surface area contributed by atoms with Crippen molar-refractivity contribution in [3.8, 4) is 34.5 Å². The van der Waals surface area contributed by atoms with Gasteiger partial charge in [0.25, 0.3) is 0 Å². The number of ether oxygens (including phenoxy) is 7. The van der Waals surface area contributed by atoms with Gasteiger partial charge >= 0.3 is 5.97 Å². The Morgan fingerprint density at radius 1 is 0.667 bits per heavy atom. The summed E-state index contributed by atoms with van der Waals surface area (Å²) in [5, 5.41) is 0. The maximum atomic E-state index is 12.7. The van der Waals surface area contributed by atoms with E-state index in [0.717, 1.165) is 28.2 Å². The van der Waals surface area contributed by atoms with Crippen molar-refractivity contribution in [1.82, 2.24) is 0 Å². The topological polar surface area (TPSA) is 81.7 Å². The molecule has 8 nitrogen and oxygen atoms in total. The van der Waals surface area contributed by atoms with Crippen LogP contribution in [-0.2, 0) is 28.8 Å². The number of carbonyl (C=O) groups is 1. The summed E-state index contributed by atoms with van der Waals surface area (Å²) in [6.07, 6.45) is 1.92. The van der Waals surface area contributed by atoms with Crippen LogP contribution >= 0.6 is 0 Å². The van der Waals surface area contributed by atoms with Crippen molar-refractivity contribution in [2.24, 2.45) is 11.8 Å². The number of benzene rings is 3. The van der Waals surface area contributed by atoms with Crippen molar-refractivity contribution in [2.75, 3.05) is 48.8 Å². The molecule has 4 rings (SSSR count). The third-order valence-electron chi connectivity index (χ3n) is 7.00. The molecule has 2 atom stereocenters. The Kier molecular flexibility index (Phi) is 9.41. The standard InChI is InChI=1S/C31H36O8/c1-33-24-13-22(14-25(18-24)34-2)10-11-38-28-9-7-21(17-30(28)37-5)15-26-23(19-39-31(26)32)12-20-6-8-27(35-3)29(16-20)36-4/h6-9,13-14,16-18,23,26H,10-12,15,19H2,1-5H3/t23-,26+/m0/s1. The molecule has 1 fully saturated rings. The van der Waals surface area contributed by atoms with Crippen LogP contribution in [0, 0.1) is 11.8 Å². The monoisotopic (exact) mass is 536 g/mol. The quantitative estimate of drug-likeness (QED) is 0.285. The predicted octanol–water partition coefficient (Wildman–Crippen LogP) is 4.93. The van der Waals surface area contributed by atoms with Gasteiger partial charge in [-0.3, -0.25) is 4.79 Å². The van der Waals surface area contributed by atoms with E-state index >= 15 is 0 Å². The molecule has 0 bridgehead atoms. The van der Waals surface area contributed by atoms with E-state index in [1.807, 2.05) is 54.6 Å². The second kappa shape index (κ2) is 13.1. The van der Waals surface area contributed by atoms with Gasteiger partial charge in [-0.05, 0) is 65.9 Å². The van der Waals surface area contributed by atoms with Crippen LogP contribution in [0.15, 0.2) is 54.6 Å². The zero-order chi connectivity index (χ0) is 27.8. The minimum atomic E-state index is -0.252. The highest BCUT2D eigenvalue weighted by Gasteiger charge is 2.37. The molecule has 3 aromatic carbocycles. The van der Waals surface area contributed by atoms with Crippen LogP contribution < -0.4 is 28.4 Å². The molecular formula is C31H36O8. The highest BCUT2D eigenvalue weighted by molar-refractivity contribution is 5.75. The van der Waals surface area contributed by atoms with Gasteiger partial charge in [0.05, 0.1) is 54.7 Å². The fourth-order valence-corrected chi connectivity index (χ4v) is 4.87. The molecule has 0 spiro atoms. The van der Waals surface area contributed by atoms with Crippen LogP contribution in [0.5, 0.6) is 34.5 Å². The zero-order valence-electron chi connectivity index (χ0n) is 23.2. The van der Waals surface area contributed by atoms with Crippen LogP contribution in [0.2, 0.25) is 0 Å². The minimum absolute atomic E-state index is 0.0531. The van der Waals surface area contributed by atoms with Gasteiger partial charge in [0.1, 0.15) is 11.5 Å². The summed E-state index contributed by atoms with van der Waals surface area (Å²) >= 11 is 0. The van der Waals surface area contributed by atoms with Crippen molar-refractivity contribution in [3.05, 3.63) is 71.3 Å². The van der Waals surface area contributed by atoms with E-state index in [0.29, 0.717) is 55.5 Å². The number of rotatable bonds is 13. The molecule has 3 aromatic rings. The van der Waals surface area contributed by atoms with Gasteiger partial charge in [-0.2, -0.15) is 0 Å². The van der Waals surface area contributed by atoms with Crippen molar-refractivity contribution >= 4 is 5.97 Å². The third-order valence-corrected chi connectivity index (χ3v) is 7.00. The average Bonchev–Trinajstić information content (AvgIpc) is 3.31. The Morgan fingerprint density at radius 3 is 1.87 bits per heavy atom. The largest absolute Gasteiger partial charge is 0.497 e. The molecule has 39 heavy (non-hydrogen) atoms. The molecular weight excluding hydrogens is 500 g/mol. The number of hydrogen-bond donors (Lipinski definition) is 0. The van der Waals surface area contributed by atoms with Gasteiger partial charge in [-0.1, -0.05) is 12.1 Å². The summed E-state index contributed by atoms with van der Waals surface area (Å²) in [7, 11) is 8.10. The third kappa shape index (κ3) is 6.88. The fourth-order valence-electron chi connectivity index (χ4n) is 4.87. The molecule has 1 heterocycles. The second-order valence-electron chi connectivity index (χ2n) is 9.40. The molecule has 208 valence electrons. The Balaban J connectivity index is 1.40. The summed E-state index contributed by atoms with van der Waals surface area (Å²) in [6.45, 7) is 0.847. The minimum Gasteiger partial charge on any atom is -0.497 e. The van der Waals surface area contributed by atoms with E-state index < -0.39 is 0 Å². The van der Waals surface area contributed by atoms with Crippen LogP contribution in [-0.4, -0.2) is 54.7 Å². The molecule has 0 radical (unpaired) electrons. The Morgan fingerprint density at radius 2 is 1.26 bits per heavy atom. The van der Waals surface area contributed by atoms with Crippen LogP contribution in [0.3, 0.4) is 0 Å². The van der Waals surface area contributed by atoms with Crippen LogP contribution in [0.4, 0.5) is 0 Å². The van der Waals surface area contributed by atoms with Crippen molar-refractivity contribution in [1.29, 1.82) is 0 Å². The first-order chi connectivity index (χ1) is 19.0. The molecule has 0 aromatic heterocycles. The Bertz CT molecular complexity index is 1250. The summed E-state index contributed by atoms with van der Waals surface area (Å²) in [5.74, 6) is 3.72. The highest BCUT2D eigenvalue weighted by atomic mass is 16.5. The first-order valence-electron chi connectivity index (χ1n) is 12.9. The molecule has 0 amide bonds. The van der Waals surface area contributed by atoms with Gasteiger partial charge in [0, 0.05) is 18.4 Å². The summed E-state index contributed by atoms with van der Waals surface area (Å²) in [5.41, 5.74) is 3.09. The molecule has 0 N–H and O–H groups in total. The number of methoxy groups -OCH3 is 5. The van der Waals surface area contributed by atoms with Crippen LogP contribution in [0.1, 0.15) is 16.7 Å². The Labute approximate surface area is 229 Å². The van der Waals surface area contributed by atoms with Crippen molar-refractivity contribution in [2.45, 2.75) is 19.3 Å². The highest BCUT2D eigenvalue weighted by Crippen LogP contribution is 2.35. The maximum absolute atomic E-state index is 12.7. The van der Waals surface area contributed by atoms with Gasteiger partial charge in [-0.25, -0.2) is 0 Å². The lowest BCUT2D eigenvalue weighted by Gasteiger charge is -2.18. The van der Waals surface area contributed by atoms with Gasteiger partial charge < -0.3 is 33.2 Å². The number of esters is 1. The van der Waals surface area contributed by atoms with Gasteiger partial charge in [0.15, 0.2) is 23.0 Å². The molecule has 1 aliphatic heterocycles. The van der Waals surface area contributed by atoms with Crippen LogP contribution in [0.25, 0.3) is 0 Å². The summed E-state index contributed by atoms with van der Waals surface area (Å²) < 4.78 is 38.6. The SMILES string of the molecule is COc1cc(CCOc2ccc(C[C@H]3C(=O)OC[C@@H]3Cc3ccc(OC)c(OC)c3)cc2OC)cc(OC)c1. The van der Waals surface area contributed by atoms with Crippen molar-refractivity contribution in [3.63, 3.8) is 0 Å².